The van der Waals surface area contributed by atoms with Gasteiger partial charge in [-0.15, -0.1) is 0 Å². The Morgan fingerprint density at radius 3 is 2.73 bits per heavy atom. The molecule has 0 radical (unpaired) electrons. The van der Waals surface area contributed by atoms with Crippen molar-refractivity contribution in [1.82, 2.24) is 0 Å². The summed E-state index contributed by atoms with van der Waals surface area (Å²) in [6, 6.07) is 4.09. The maximum atomic E-state index is 13.3. The van der Waals surface area contributed by atoms with Gasteiger partial charge in [0, 0.05) is 0 Å². The number of benzene rings is 1. The van der Waals surface area contributed by atoms with E-state index in [1.54, 1.807) is 13.8 Å². The summed E-state index contributed by atoms with van der Waals surface area (Å²) >= 11 is 0. The molecule has 0 bridgehead atoms. The van der Waals surface area contributed by atoms with Crippen LogP contribution in [0.15, 0.2) is 18.2 Å². The Morgan fingerprint density at radius 2 is 2.20 bits per heavy atom. The number of ether oxygens (including phenoxy) is 1. The minimum absolute atomic E-state index is 0.186. The maximum absolute atomic E-state index is 13.3. The van der Waals surface area contributed by atoms with Crippen LogP contribution < -0.4 is 0 Å². The van der Waals surface area contributed by atoms with Gasteiger partial charge in [0.2, 0.25) is 0 Å². The van der Waals surface area contributed by atoms with Gasteiger partial charge in [-0.05, 0) is 25.5 Å². The summed E-state index contributed by atoms with van der Waals surface area (Å²) in [7, 11) is 0. The van der Waals surface area contributed by atoms with Gasteiger partial charge in [0.05, 0.1) is 12.7 Å². The minimum atomic E-state index is -0.743. The largest absolute Gasteiger partial charge is 0.459 e. The predicted octanol–water partition coefficient (Wildman–Crippen LogP) is 1.88. The molecule has 0 saturated heterocycles. The highest BCUT2D eigenvalue weighted by molar-refractivity contribution is 5.91. The summed E-state index contributed by atoms with van der Waals surface area (Å²) in [5, 5.41) is 8.95. The van der Waals surface area contributed by atoms with E-state index in [-0.39, 0.29) is 23.8 Å². The lowest BCUT2D eigenvalue weighted by molar-refractivity contribution is 0.0369. The van der Waals surface area contributed by atoms with Crippen LogP contribution in [-0.4, -0.2) is 17.2 Å². The van der Waals surface area contributed by atoms with Gasteiger partial charge in [-0.2, -0.15) is 0 Å². The molecule has 15 heavy (non-hydrogen) atoms. The first-order chi connectivity index (χ1) is 7.06. The first-order valence-corrected chi connectivity index (χ1v) is 4.65. The van der Waals surface area contributed by atoms with Crippen LogP contribution in [0.4, 0.5) is 4.39 Å². The molecule has 4 heteroatoms. The minimum Gasteiger partial charge on any atom is -0.459 e. The van der Waals surface area contributed by atoms with Gasteiger partial charge in [-0.3, -0.25) is 0 Å². The van der Waals surface area contributed by atoms with Crippen LogP contribution in [0.1, 0.15) is 29.8 Å². The van der Waals surface area contributed by atoms with E-state index < -0.39 is 11.8 Å². The lowest BCUT2D eigenvalue weighted by Gasteiger charge is -2.11. The van der Waals surface area contributed by atoms with Gasteiger partial charge < -0.3 is 9.84 Å². The van der Waals surface area contributed by atoms with Gasteiger partial charge in [0.15, 0.2) is 0 Å². The number of halogens is 1. The van der Waals surface area contributed by atoms with Gasteiger partial charge >= 0.3 is 5.97 Å². The summed E-state index contributed by atoms with van der Waals surface area (Å²) < 4.78 is 18.2. The molecule has 0 atom stereocenters. The number of carbonyl (C=O) groups is 1. The summed E-state index contributed by atoms with van der Waals surface area (Å²) in [6.07, 6.45) is -0.316. The zero-order valence-corrected chi connectivity index (χ0v) is 8.66. The van der Waals surface area contributed by atoms with E-state index in [4.69, 9.17) is 9.84 Å². The molecule has 0 heterocycles. The van der Waals surface area contributed by atoms with E-state index >= 15 is 0 Å². The lowest BCUT2D eigenvalue weighted by atomic mass is 10.1. The lowest BCUT2D eigenvalue weighted by Crippen LogP contribution is -2.15. The number of esters is 1. The fourth-order valence-corrected chi connectivity index (χ4v) is 1.20. The van der Waals surface area contributed by atoms with E-state index in [1.165, 1.54) is 12.1 Å². The van der Waals surface area contributed by atoms with Crippen molar-refractivity contribution in [3.63, 3.8) is 0 Å². The monoisotopic (exact) mass is 212 g/mol. The number of hydrogen-bond donors (Lipinski definition) is 1. The molecule has 0 spiro atoms. The quantitative estimate of drug-likeness (QED) is 0.778. The van der Waals surface area contributed by atoms with Gasteiger partial charge in [0.25, 0.3) is 0 Å². The van der Waals surface area contributed by atoms with Crippen molar-refractivity contribution in [3.05, 3.63) is 35.1 Å². The molecule has 0 saturated carbocycles. The van der Waals surface area contributed by atoms with E-state index in [9.17, 15) is 9.18 Å². The molecule has 1 aromatic rings. The number of hydrogen-bond acceptors (Lipinski definition) is 3. The maximum Gasteiger partial charge on any atom is 0.341 e. The van der Waals surface area contributed by atoms with Crippen molar-refractivity contribution < 1.29 is 19.0 Å². The van der Waals surface area contributed by atoms with Crippen LogP contribution in [0.5, 0.6) is 0 Å². The number of aliphatic hydroxyl groups excluding tert-OH is 1. The molecule has 0 aliphatic carbocycles. The van der Waals surface area contributed by atoms with Crippen LogP contribution in [0, 0.1) is 5.82 Å². The molecule has 0 aliphatic rings. The van der Waals surface area contributed by atoms with Crippen LogP contribution in [0.3, 0.4) is 0 Å². The summed E-state index contributed by atoms with van der Waals surface area (Å²) in [5.74, 6) is -1.42. The molecule has 3 nitrogen and oxygen atoms in total. The molecule has 1 N–H and O–H groups in total. The van der Waals surface area contributed by atoms with Gasteiger partial charge in [0.1, 0.15) is 11.4 Å². The molecular weight excluding hydrogens is 199 g/mol. The highest BCUT2D eigenvalue weighted by Crippen LogP contribution is 2.15. The Labute approximate surface area is 87.5 Å². The fourth-order valence-electron chi connectivity index (χ4n) is 1.20. The Hall–Kier alpha value is -1.42. The molecule has 0 fully saturated rings. The molecule has 82 valence electrons. The molecular formula is C11H13FO3. The van der Waals surface area contributed by atoms with Gasteiger partial charge in [-0.25, -0.2) is 9.18 Å². The van der Waals surface area contributed by atoms with E-state index in [0.717, 1.165) is 6.07 Å². The zero-order chi connectivity index (χ0) is 11.4. The van der Waals surface area contributed by atoms with Crippen molar-refractivity contribution >= 4 is 5.97 Å². The average Bonchev–Trinajstić information content (AvgIpc) is 2.15. The highest BCUT2D eigenvalue weighted by atomic mass is 19.1. The molecule has 0 aliphatic heterocycles. The fraction of sp³-hybridized carbons (Fsp3) is 0.364. The SMILES string of the molecule is CC(C)OC(=O)c1c(F)cccc1CO. The first-order valence-electron chi connectivity index (χ1n) is 4.65. The third-order valence-corrected chi connectivity index (χ3v) is 1.82. The second kappa shape index (κ2) is 4.89. The van der Waals surface area contributed by atoms with Crippen LogP contribution in [-0.2, 0) is 11.3 Å². The van der Waals surface area contributed by atoms with Crippen molar-refractivity contribution in [1.29, 1.82) is 0 Å². The molecule has 0 amide bonds. The topological polar surface area (TPSA) is 46.5 Å². The number of carbonyl (C=O) groups excluding carboxylic acids is 1. The van der Waals surface area contributed by atoms with Crippen LogP contribution in [0.2, 0.25) is 0 Å². The van der Waals surface area contributed by atoms with Crippen molar-refractivity contribution in [2.24, 2.45) is 0 Å². The van der Waals surface area contributed by atoms with Crippen LogP contribution >= 0.6 is 0 Å². The third kappa shape index (κ3) is 2.76. The molecule has 1 rings (SSSR count). The zero-order valence-electron chi connectivity index (χ0n) is 8.66. The standard InChI is InChI=1S/C11H13FO3/c1-7(2)15-11(14)10-8(6-13)4-3-5-9(10)12/h3-5,7,13H,6H2,1-2H3. The predicted molar refractivity (Wildman–Crippen MR) is 52.9 cm³/mol. The van der Waals surface area contributed by atoms with E-state index in [0.29, 0.717) is 0 Å². The number of aliphatic hydroxyl groups is 1. The molecule has 0 unspecified atom stereocenters. The third-order valence-electron chi connectivity index (χ3n) is 1.82. The average molecular weight is 212 g/mol. The van der Waals surface area contributed by atoms with Crippen molar-refractivity contribution in [2.75, 3.05) is 0 Å². The van der Waals surface area contributed by atoms with Crippen molar-refractivity contribution in [3.8, 4) is 0 Å². The van der Waals surface area contributed by atoms with Gasteiger partial charge in [-0.1, -0.05) is 12.1 Å². The summed E-state index contributed by atoms with van der Waals surface area (Å²) in [4.78, 5) is 11.5. The molecule has 1 aromatic carbocycles. The smallest absolute Gasteiger partial charge is 0.341 e. The Morgan fingerprint density at radius 1 is 1.53 bits per heavy atom. The second-order valence-electron chi connectivity index (χ2n) is 3.39. The first kappa shape index (κ1) is 11.7. The van der Waals surface area contributed by atoms with E-state index in [2.05, 4.69) is 0 Å². The Balaban J connectivity index is 3.06. The Bertz CT molecular complexity index is 361. The summed E-state index contributed by atoms with van der Waals surface area (Å²) in [5.41, 5.74) is 0.0503. The van der Waals surface area contributed by atoms with Crippen molar-refractivity contribution in [2.45, 2.75) is 26.6 Å². The molecule has 0 aromatic heterocycles. The normalized spacial score (nSPS) is 10.5. The highest BCUT2D eigenvalue weighted by Gasteiger charge is 2.18. The summed E-state index contributed by atoms with van der Waals surface area (Å²) in [6.45, 7) is 2.97. The number of rotatable bonds is 3. The Kier molecular flexibility index (Phi) is 3.80. The van der Waals surface area contributed by atoms with E-state index in [1.807, 2.05) is 0 Å². The van der Waals surface area contributed by atoms with Crippen LogP contribution in [0.25, 0.3) is 0 Å². The second-order valence-corrected chi connectivity index (χ2v) is 3.39.